The molecule has 0 aliphatic rings. The molecule has 0 spiro atoms. The number of methoxy groups -OCH3 is 1. The Labute approximate surface area is 133 Å². The van der Waals surface area contributed by atoms with Crippen LogP contribution in [0.4, 0.5) is 0 Å². The lowest BCUT2D eigenvalue weighted by Crippen LogP contribution is -2.53. The first-order chi connectivity index (χ1) is 9.38. The quantitative estimate of drug-likeness (QED) is 0.477. The topological polar surface area (TPSA) is 50.4 Å². The molecular weight excluding hydrogens is 323 g/mol. The van der Waals surface area contributed by atoms with E-state index in [4.69, 9.17) is 39.5 Å². The highest BCUT2D eigenvalue weighted by atomic mass is 35.6. The predicted molar refractivity (Wildman–Crippen MR) is 82.7 cm³/mol. The van der Waals surface area contributed by atoms with E-state index in [9.17, 15) is 4.79 Å². The van der Waals surface area contributed by atoms with Crippen molar-refractivity contribution in [3.05, 3.63) is 42.5 Å². The Morgan fingerprint density at radius 1 is 1.40 bits per heavy atom. The third kappa shape index (κ3) is 5.21. The van der Waals surface area contributed by atoms with Crippen molar-refractivity contribution in [3.63, 3.8) is 0 Å². The summed E-state index contributed by atoms with van der Waals surface area (Å²) in [5.41, 5.74) is 0.436. The third-order valence-electron chi connectivity index (χ3n) is 2.42. The van der Waals surface area contributed by atoms with Gasteiger partial charge in [-0.15, -0.1) is 6.58 Å². The number of carbonyl (C=O) groups excluding carboxylic acids is 1. The zero-order valence-electron chi connectivity index (χ0n) is 10.8. The minimum absolute atomic E-state index is 0.361. The van der Waals surface area contributed by atoms with Gasteiger partial charge < -0.3 is 10.1 Å². The van der Waals surface area contributed by atoms with Crippen LogP contribution in [0.5, 0.6) is 5.75 Å². The summed E-state index contributed by atoms with van der Waals surface area (Å²) in [6.45, 7) is 3.94. The Morgan fingerprint density at radius 2 is 2.00 bits per heavy atom. The van der Waals surface area contributed by atoms with Gasteiger partial charge in [0.1, 0.15) is 11.9 Å². The molecule has 4 nitrogen and oxygen atoms in total. The van der Waals surface area contributed by atoms with Crippen LogP contribution in [0.3, 0.4) is 0 Å². The SMILES string of the molecule is C=CCN[C@H](NC(=O)c1ccc(OC)cc1)C(Cl)(Cl)Cl. The molecule has 0 saturated carbocycles. The molecule has 1 aromatic rings. The Hall–Kier alpha value is -0.940. The number of rotatable bonds is 6. The Balaban J connectivity index is 2.76. The molecule has 7 heteroatoms. The molecule has 0 fully saturated rings. The summed E-state index contributed by atoms with van der Waals surface area (Å²) in [6.07, 6.45) is 0.767. The lowest BCUT2D eigenvalue weighted by molar-refractivity contribution is 0.0930. The van der Waals surface area contributed by atoms with Crippen molar-refractivity contribution < 1.29 is 9.53 Å². The van der Waals surface area contributed by atoms with Gasteiger partial charge in [-0.2, -0.15) is 0 Å². The van der Waals surface area contributed by atoms with Gasteiger partial charge in [0.05, 0.1) is 7.11 Å². The normalized spacial score (nSPS) is 12.6. The molecule has 0 bridgehead atoms. The van der Waals surface area contributed by atoms with E-state index in [1.165, 1.54) is 0 Å². The number of amides is 1. The molecule has 110 valence electrons. The molecule has 1 amide bonds. The molecule has 0 saturated heterocycles. The fourth-order valence-electron chi connectivity index (χ4n) is 1.41. The number of hydrogen-bond acceptors (Lipinski definition) is 3. The van der Waals surface area contributed by atoms with E-state index in [1.807, 2.05) is 0 Å². The summed E-state index contributed by atoms with van der Waals surface area (Å²) in [6, 6.07) is 6.60. The molecule has 0 aliphatic carbocycles. The van der Waals surface area contributed by atoms with Gasteiger partial charge in [0.2, 0.25) is 3.79 Å². The van der Waals surface area contributed by atoms with Crippen LogP contribution < -0.4 is 15.4 Å². The van der Waals surface area contributed by atoms with Crippen molar-refractivity contribution in [2.24, 2.45) is 0 Å². The van der Waals surface area contributed by atoms with E-state index < -0.39 is 9.96 Å². The maximum atomic E-state index is 12.1. The van der Waals surface area contributed by atoms with E-state index in [-0.39, 0.29) is 5.91 Å². The second kappa shape index (κ2) is 7.74. The van der Waals surface area contributed by atoms with Crippen LogP contribution in [-0.2, 0) is 0 Å². The largest absolute Gasteiger partial charge is 0.497 e. The third-order valence-corrected chi connectivity index (χ3v) is 3.08. The summed E-state index contributed by atoms with van der Waals surface area (Å²) in [5, 5.41) is 5.47. The maximum Gasteiger partial charge on any atom is 0.252 e. The molecule has 1 aromatic carbocycles. The molecular formula is C13H15Cl3N2O2. The van der Waals surface area contributed by atoms with Crippen molar-refractivity contribution in [3.8, 4) is 5.75 Å². The zero-order valence-corrected chi connectivity index (χ0v) is 13.1. The fraction of sp³-hybridized carbons (Fsp3) is 0.308. The molecule has 20 heavy (non-hydrogen) atoms. The molecule has 0 radical (unpaired) electrons. The number of carbonyl (C=O) groups is 1. The average Bonchev–Trinajstić information content (AvgIpc) is 2.42. The predicted octanol–water partition coefficient (Wildman–Crippen LogP) is 2.90. The first-order valence-electron chi connectivity index (χ1n) is 5.74. The number of hydrogen-bond donors (Lipinski definition) is 2. The van der Waals surface area contributed by atoms with Crippen LogP contribution in [0.2, 0.25) is 0 Å². The van der Waals surface area contributed by atoms with E-state index in [0.29, 0.717) is 17.9 Å². The average molecular weight is 338 g/mol. The molecule has 0 aliphatic heterocycles. The van der Waals surface area contributed by atoms with Crippen molar-refractivity contribution in [2.75, 3.05) is 13.7 Å². The standard InChI is InChI=1S/C13H15Cl3N2O2/c1-3-8-17-12(13(14,15)16)18-11(19)9-4-6-10(20-2)7-5-9/h3-7,12,17H,1,8H2,2H3,(H,18,19)/t12-/m1/s1. The lowest BCUT2D eigenvalue weighted by Gasteiger charge is -2.26. The Morgan fingerprint density at radius 3 is 2.45 bits per heavy atom. The van der Waals surface area contributed by atoms with Crippen LogP contribution in [0.25, 0.3) is 0 Å². The number of halogens is 3. The molecule has 0 aromatic heterocycles. The van der Waals surface area contributed by atoms with E-state index >= 15 is 0 Å². The molecule has 1 rings (SSSR count). The van der Waals surface area contributed by atoms with E-state index in [0.717, 1.165) is 0 Å². The number of alkyl halides is 3. The minimum Gasteiger partial charge on any atom is -0.497 e. The lowest BCUT2D eigenvalue weighted by atomic mass is 10.2. The minimum atomic E-state index is -1.68. The zero-order chi connectivity index (χ0) is 15.2. The van der Waals surface area contributed by atoms with Gasteiger partial charge in [0.25, 0.3) is 5.91 Å². The van der Waals surface area contributed by atoms with Crippen molar-refractivity contribution in [2.45, 2.75) is 9.96 Å². The van der Waals surface area contributed by atoms with Crippen LogP contribution in [0.15, 0.2) is 36.9 Å². The van der Waals surface area contributed by atoms with Gasteiger partial charge >= 0.3 is 0 Å². The number of benzene rings is 1. The van der Waals surface area contributed by atoms with Crippen molar-refractivity contribution >= 4 is 40.7 Å². The summed E-state index contributed by atoms with van der Waals surface area (Å²) < 4.78 is 3.34. The van der Waals surface area contributed by atoms with E-state index in [2.05, 4.69) is 17.2 Å². The summed E-state index contributed by atoms with van der Waals surface area (Å²) in [5.74, 6) is 0.296. The second-order valence-corrected chi connectivity index (χ2v) is 6.24. The number of ether oxygens (including phenoxy) is 1. The second-order valence-electron chi connectivity index (χ2n) is 3.87. The van der Waals surface area contributed by atoms with Crippen LogP contribution in [0.1, 0.15) is 10.4 Å². The van der Waals surface area contributed by atoms with Crippen molar-refractivity contribution in [1.82, 2.24) is 10.6 Å². The van der Waals surface area contributed by atoms with Crippen LogP contribution in [0, 0.1) is 0 Å². The van der Waals surface area contributed by atoms with Gasteiger partial charge in [-0.1, -0.05) is 40.9 Å². The Kier molecular flexibility index (Phi) is 6.62. The van der Waals surface area contributed by atoms with Gasteiger partial charge in [0.15, 0.2) is 0 Å². The van der Waals surface area contributed by atoms with Crippen molar-refractivity contribution in [1.29, 1.82) is 0 Å². The van der Waals surface area contributed by atoms with Gasteiger partial charge in [0, 0.05) is 12.1 Å². The molecule has 1 atom stereocenters. The highest BCUT2D eigenvalue weighted by Gasteiger charge is 2.33. The van der Waals surface area contributed by atoms with Crippen LogP contribution >= 0.6 is 34.8 Å². The first-order valence-corrected chi connectivity index (χ1v) is 6.87. The van der Waals surface area contributed by atoms with Gasteiger partial charge in [-0.3, -0.25) is 10.1 Å². The highest BCUT2D eigenvalue weighted by Crippen LogP contribution is 2.29. The smallest absolute Gasteiger partial charge is 0.252 e. The Bertz CT molecular complexity index is 458. The summed E-state index contributed by atoms with van der Waals surface area (Å²) in [4.78, 5) is 12.1. The van der Waals surface area contributed by atoms with Gasteiger partial charge in [-0.05, 0) is 24.3 Å². The summed E-state index contributed by atoms with van der Waals surface area (Å²) >= 11 is 17.4. The molecule has 2 N–H and O–H groups in total. The number of nitrogens with one attached hydrogen (secondary N) is 2. The maximum absolute atomic E-state index is 12.1. The molecule has 0 heterocycles. The van der Waals surface area contributed by atoms with Crippen LogP contribution in [-0.4, -0.2) is 29.5 Å². The van der Waals surface area contributed by atoms with Gasteiger partial charge in [-0.25, -0.2) is 0 Å². The monoisotopic (exact) mass is 336 g/mol. The summed E-state index contributed by atoms with van der Waals surface area (Å²) in [7, 11) is 1.55. The van der Waals surface area contributed by atoms with E-state index in [1.54, 1.807) is 37.5 Å². The molecule has 0 unspecified atom stereocenters. The highest BCUT2D eigenvalue weighted by molar-refractivity contribution is 6.68. The fourth-order valence-corrected chi connectivity index (χ4v) is 1.80. The first kappa shape index (κ1) is 17.1.